The van der Waals surface area contributed by atoms with Gasteiger partial charge in [0.1, 0.15) is 5.69 Å². The highest BCUT2D eigenvalue weighted by Crippen LogP contribution is 2.61. The van der Waals surface area contributed by atoms with Crippen LogP contribution in [0.5, 0.6) is 0 Å². The molecule has 0 saturated carbocycles. The van der Waals surface area contributed by atoms with Gasteiger partial charge in [0.05, 0.1) is 11.8 Å². The minimum Gasteiger partial charge on any atom is -0.595 e. The summed E-state index contributed by atoms with van der Waals surface area (Å²) >= 11 is 0. The van der Waals surface area contributed by atoms with E-state index in [1.807, 2.05) is 12.1 Å². The van der Waals surface area contributed by atoms with Gasteiger partial charge in [-0.1, -0.05) is 68.4 Å². The quantitative estimate of drug-likeness (QED) is 0.461. The summed E-state index contributed by atoms with van der Waals surface area (Å²) in [6.07, 6.45) is 1.02. The Labute approximate surface area is 198 Å². The summed E-state index contributed by atoms with van der Waals surface area (Å²) in [5.74, 6) is -1.70. The van der Waals surface area contributed by atoms with Gasteiger partial charge in [0, 0.05) is 17.9 Å². The Morgan fingerprint density at radius 3 is 2.06 bits per heavy atom. The highest BCUT2D eigenvalue weighted by molar-refractivity contribution is 6.24. The Bertz CT molecular complexity index is 1330. The van der Waals surface area contributed by atoms with Gasteiger partial charge in [-0.2, -0.15) is 5.23 Å². The van der Waals surface area contributed by atoms with Gasteiger partial charge in [0.15, 0.2) is 5.69 Å². The third kappa shape index (κ3) is 2.73. The van der Waals surface area contributed by atoms with Gasteiger partial charge in [0.2, 0.25) is 11.8 Å². The Balaban J connectivity index is 1.55. The van der Waals surface area contributed by atoms with E-state index in [1.54, 1.807) is 18.2 Å². The maximum atomic E-state index is 13.9. The molecule has 1 unspecified atom stereocenters. The van der Waals surface area contributed by atoms with E-state index in [0.717, 1.165) is 33.6 Å². The zero-order chi connectivity index (χ0) is 23.7. The van der Waals surface area contributed by atoms with Crippen LogP contribution < -0.4 is 10.1 Å². The SMILES string of the molecule is CC[C@H](C)c1ccc2c(c1)[C@@H]1c3ccccc3[C@@H]2[C@@H]2C(=O)N(c3ccccc3[NH+]([O-])O)C(=O)[C@H]12. The number of carbonyl (C=O) groups is 2. The lowest BCUT2D eigenvalue weighted by atomic mass is 9.54. The number of imide groups is 1. The molecular formula is C28H26N2O4. The highest BCUT2D eigenvalue weighted by Gasteiger charge is 2.62. The van der Waals surface area contributed by atoms with Crippen molar-refractivity contribution in [3.8, 4) is 0 Å². The zero-order valence-corrected chi connectivity index (χ0v) is 19.1. The van der Waals surface area contributed by atoms with Crippen LogP contribution in [0.3, 0.4) is 0 Å². The molecule has 1 heterocycles. The molecule has 3 aliphatic carbocycles. The number of carbonyl (C=O) groups excluding carboxylic acids is 2. The second kappa shape index (κ2) is 7.60. The van der Waals surface area contributed by atoms with Crippen LogP contribution in [0.25, 0.3) is 0 Å². The monoisotopic (exact) mass is 454 g/mol. The van der Waals surface area contributed by atoms with E-state index in [2.05, 4.69) is 44.2 Å². The number of amides is 2. The first kappa shape index (κ1) is 21.2. The number of quaternary nitrogens is 1. The molecule has 0 radical (unpaired) electrons. The van der Waals surface area contributed by atoms with Crippen LogP contribution in [-0.4, -0.2) is 17.0 Å². The molecule has 172 valence electrons. The maximum Gasteiger partial charge on any atom is 0.238 e. The van der Waals surface area contributed by atoms with Gasteiger partial charge in [-0.15, -0.1) is 0 Å². The smallest absolute Gasteiger partial charge is 0.238 e. The number of benzene rings is 3. The lowest BCUT2D eigenvalue weighted by molar-refractivity contribution is -0.990. The second-order valence-corrected chi connectivity index (χ2v) is 9.67. The fraction of sp³-hybridized carbons (Fsp3) is 0.286. The minimum absolute atomic E-state index is 0.0377. The molecule has 2 amide bonds. The minimum atomic E-state index is -1.15. The summed E-state index contributed by atoms with van der Waals surface area (Å²) in [6, 6.07) is 20.9. The predicted molar refractivity (Wildman–Crippen MR) is 127 cm³/mol. The molecule has 1 aliphatic heterocycles. The molecule has 6 atom stereocenters. The summed E-state index contributed by atoms with van der Waals surface area (Å²) in [7, 11) is 0. The zero-order valence-electron chi connectivity index (χ0n) is 19.1. The molecule has 0 spiro atoms. The topological polar surface area (TPSA) is 85.1 Å². The third-order valence-corrected chi connectivity index (χ3v) is 8.12. The maximum absolute atomic E-state index is 13.9. The van der Waals surface area contributed by atoms with Crippen LogP contribution in [0.2, 0.25) is 0 Å². The highest BCUT2D eigenvalue weighted by atomic mass is 16.8. The molecule has 34 heavy (non-hydrogen) atoms. The van der Waals surface area contributed by atoms with Crippen molar-refractivity contribution in [2.45, 2.75) is 38.0 Å². The van der Waals surface area contributed by atoms with Gasteiger partial charge in [-0.05, 0) is 46.2 Å². The summed E-state index contributed by atoms with van der Waals surface area (Å²) < 4.78 is 0. The van der Waals surface area contributed by atoms with Crippen LogP contribution in [0.15, 0.2) is 66.7 Å². The molecular weight excluding hydrogens is 428 g/mol. The van der Waals surface area contributed by atoms with E-state index in [1.165, 1.54) is 11.6 Å². The summed E-state index contributed by atoms with van der Waals surface area (Å²) in [5, 5.41) is 20.4. The molecule has 4 aliphatic rings. The molecule has 1 saturated heterocycles. The van der Waals surface area contributed by atoms with E-state index < -0.39 is 17.1 Å². The van der Waals surface area contributed by atoms with E-state index in [0.29, 0.717) is 5.92 Å². The van der Waals surface area contributed by atoms with E-state index in [9.17, 15) is 20.0 Å². The van der Waals surface area contributed by atoms with Crippen molar-refractivity contribution < 1.29 is 20.0 Å². The number of rotatable bonds is 4. The fourth-order valence-electron chi connectivity index (χ4n) is 6.37. The summed E-state index contributed by atoms with van der Waals surface area (Å²) in [4.78, 5) is 28.9. The fourth-order valence-corrected chi connectivity index (χ4v) is 6.37. The Morgan fingerprint density at radius 2 is 1.44 bits per heavy atom. The average molecular weight is 455 g/mol. The standard InChI is InChI=1S/C28H26N2O4/c1-3-15(2)16-12-13-19-20(14-16)24-18-9-5-4-8-17(18)23(19)25-26(24)28(32)29(27(25)31)21-10-6-7-11-22(21)30(33)34/h4-15,23-26,30,33H,3H2,1-2H3/t15-,23-,24-,25-,26+/m0/s1. The Hall–Kier alpha value is -3.32. The average Bonchev–Trinajstić information content (AvgIpc) is 3.13. The van der Waals surface area contributed by atoms with Gasteiger partial charge >= 0.3 is 0 Å². The molecule has 6 nitrogen and oxygen atoms in total. The normalized spacial score (nSPS) is 26.2. The first-order chi connectivity index (χ1) is 16.4. The first-order valence-electron chi connectivity index (χ1n) is 11.9. The van der Waals surface area contributed by atoms with Gasteiger partial charge < -0.3 is 5.21 Å². The van der Waals surface area contributed by atoms with Crippen molar-refractivity contribution in [1.82, 2.24) is 0 Å². The predicted octanol–water partition coefficient (Wildman–Crippen LogP) is 4.00. The van der Waals surface area contributed by atoms with Crippen molar-refractivity contribution in [3.05, 3.63) is 99.8 Å². The van der Waals surface area contributed by atoms with Gasteiger partial charge in [-0.25, -0.2) is 10.1 Å². The largest absolute Gasteiger partial charge is 0.595 e. The van der Waals surface area contributed by atoms with E-state index in [4.69, 9.17) is 0 Å². The molecule has 7 rings (SSSR count). The van der Waals surface area contributed by atoms with Crippen LogP contribution in [0.4, 0.5) is 11.4 Å². The Morgan fingerprint density at radius 1 is 0.882 bits per heavy atom. The van der Waals surface area contributed by atoms with Crippen LogP contribution >= 0.6 is 0 Å². The molecule has 0 aromatic heterocycles. The number of hydrogen-bond acceptors (Lipinski definition) is 4. The number of para-hydroxylation sites is 2. The van der Waals surface area contributed by atoms with Crippen molar-refractivity contribution >= 4 is 23.2 Å². The molecule has 1 fully saturated rings. The second-order valence-electron chi connectivity index (χ2n) is 9.67. The van der Waals surface area contributed by atoms with Crippen LogP contribution in [-0.2, 0) is 9.59 Å². The molecule has 6 heteroatoms. The number of nitrogens with zero attached hydrogens (tertiary/aromatic N) is 1. The molecule has 2 N–H and O–H groups in total. The van der Waals surface area contributed by atoms with Gasteiger partial charge in [0.25, 0.3) is 0 Å². The Kier molecular flexibility index (Phi) is 4.74. The lowest BCUT2D eigenvalue weighted by Gasteiger charge is -2.46. The van der Waals surface area contributed by atoms with Crippen molar-refractivity contribution in [3.63, 3.8) is 0 Å². The van der Waals surface area contributed by atoms with Crippen molar-refractivity contribution in [2.24, 2.45) is 11.8 Å². The third-order valence-electron chi connectivity index (χ3n) is 8.12. The molecule has 3 aromatic rings. The van der Waals surface area contributed by atoms with E-state index >= 15 is 0 Å². The van der Waals surface area contributed by atoms with Crippen LogP contribution in [0.1, 0.15) is 65.8 Å². The van der Waals surface area contributed by atoms with Crippen LogP contribution in [0, 0.1) is 17.0 Å². The number of nitrogens with one attached hydrogen (secondary N) is 1. The summed E-state index contributed by atoms with van der Waals surface area (Å²) in [5.41, 5.74) is 5.83. The first-order valence-corrected chi connectivity index (χ1v) is 11.9. The van der Waals surface area contributed by atoms with E-state index in [-0.39, 0.29) is 35.0 Å². The lowest BCUT2D eigenvalue weighted by Crippen LogP contribution is -2.99. The van der Waals surface area contributed by atoms with Crippen molar-refractivity contribution in [1.29, 1.82) is 0 Å². The molecule has 2 bridgehead atoms. The van der Waals surface area contributed by atoms with Gasteiger partial charge in [-0.3, -0.25) is 9.59 Å². The molecule has 3 aromatic carbocycles. The number of hydrogen-bond donors (Lipinski definition) is 2. The number of anilines is 1. The summed E-state index contributed by atoms with van der Waals surface area (Å²) in [6.45, 7) is 4.37. The van der Waals surface area contributed by atoms with Crippen molar-refractivity contribution in [2.75, 3.05) is 4.90 Å².